The lowest BCUT2D eigenvalue weighted by Crippen LogP contribution is -2.07. The molecule has 1 rings (SSSR count). The summed E-state index contributed by atoms with van der Waals surface area (Å²) in [6.45, 7) is 2.03. The van der Waals surface area contributed by atoms with Gasteiger partial charge >= 0.3 is 0 Å². The molecular formula is C12H21NO. The number of hydrogen-bond acceptors (Lipinski definition) is 2. The standard InChI is InChI=1S/C12H21NO/c1-11(13-14-2)7-5-3-4-6-8-12-9-10-12/h7,9,13H,3-6,8,10H2,1-2H3. The third kappa shape index (κ3) is 5.81. The maximum Gasteiger partial charge on any atom is 0.0636 e. The normalized spacial score (nSPS) is 15.3. The molecule has 0 heterocycles. The van der Waals surface area contributed by atoms with Crippen LogP contribution in [0, 0.1) is 0 Å². The van der Waals surface area contributed by atoms with E-state index in [1.165, 1.54) is 32.1 Å². The van der Waals surface area contributed by atoms with Crippen LogP contribution in [-0.4, -0.2) is 7.11 Å². The van der Waals surface area contributed by atoms with E-state index < -0.39 is 0 Å². The molecule has 14 heavy (non-hydrogen) atoms. The molecule has 0 atom stereocenters. The number of nitrogens with one attached hydrogen (secondary N) is 1. The van der Waals surface area contributed by atoms with Gasteiger partial charge in [0, 0.05) is 5.70 Å². The summed E-state index contributed by atoms with van der Waals surface area (Å²) in [7, 11) is 1.64. The molecule has 0 saturated heterocycles. The minimum absolute atomic E-state index is 1.11. The van der Waals surface area contributed by atoms with Crippen LogP contribution < -0.4 is 5.48 Å². The van der Waals surface area contributed by atoms with Gasteiger partial charge in [-0.3, -0.25) is 10.3 Å². The maximum atomic E-state index is 4.80. The quantitative estimate of drug-likeness (QED) is 0.364. The van der Waals surface area contributed by atoms with Gasteiger partial charge in [0.1, 0.15) is 0 Å². The Morgan fingerprint density at radius 1 is 1.50 bits per heavy atom. The van der Waals surface area contributed by atoms with Crippen LogP contribution in [0.3, 0.4) is 0 Å². The summed E-state index contributed by atoms with van der Waals surface area (Å²) in [5, 5.41) is 0. The molecule has 2 heteroatoms. The molecule has 0 amide bonds. The first-order chi connectivity index (χ1) is 6.83. The van der Waals surface area contributed by atoms with Crippen LogP contribution in [0.4, 0.5) is 0 Å². The van der Waals surface area contributed by atoms with Crippen molar-refractivity contribution in [1.29, 1.82) is 0 Å². The lowest BCUT2D eigenvalue weighted by atomic mass is 10.1. The Hall–Kier alpha value is -0.760. The molecule has 1 aliphatic rings. The van der Waals surface area contributed by atoms with Crippen LogP contribution in [-0.2, 0) is 4.84 Å². The molecule has 1 N–H and O–H groups in total. The zero-order valence-electron chi connectivity index (χ0n) is 9.31. The van der Waals surface area contributed by atoms with Crippen molar-refractivity contribution in [2.24, 2.45) is 0 Å². The molecule has 0 spiro atoms. The minimum Gasteiger partial charge on any atom is -0.280 e. The number of rotatable bonds is 8. The summed E-state index contributed by atoms with van der Waals surface area (Å²) in [4.78, 5) is 4.80. The van der Waals surface area contributed by atoms with E-state index in [9.17, 15) is 0 Å². The molecule has 0 radical (unpaired) electrons. The van der Waals surface area contributed by atoms with Gasteiger partial charge in [0.05, 0.1) is 7.11 Å². The van der Waals surface area contributed by atoms with E-state index in [4.69, 9.17) is 4.84 Å². The number of hydroxylamine groups is 1. The average molecular weight is 195 g/mol. The summed E-state index contributed by atoms with van der Waals surface area (Å²) in [5.41, 5.74) is 5.59. The van der Waals surface area contributed by atoms with Crippen molar-refractivity contribution >= 4 is 0 Å². The Kier molecular flexibility index (Phi) is 5.38. The largest absolute Gasteiger partial charge is 0.280 e. The molecule has 80 valence electrons. The predicted molar refractivity (Wildman–Crippen MR) is 59.7 cm³/mol. The Bertz CT molecular complexity index is 218. The Labute approximate surface area is 87.0 Å². The molecule has 0 unspecified atom stereocenters. The van der Waals surface area contributed by atoms with Gasteiger partial charge in [-0.25, -0.2) is 0 Å². The monoisotopic (exact) mass is 195 g/mol. The molecule has 0 aliphatic heterocycles. The molecule has 0 aromatic rings. The fourth-order valence-electron chi connectivity index (χ4n) is 1.47. The van der Waals surface area contributed by atoms with Gasteiger partial charge in [0.15, 0.2) is 0 Å². The Balaban J connectivity index is 1.87. The molecule has 0 fully saturated rings. The average Bonchev–Trinajstić information content (AvgIpc) is 2.95. The third-order valence-electron chi connectivity index (χ3n) is 2.41. The highest BCUT2D eigenvalue weighted by Gasteiger charge is 2.04. The van der Waals surface area contributed by atoms with Crippen LogP contribution in [0.15, 0.2) is 23.4 Å². The highest BCUT2D eigenvalue weighted by Crippen LogP contribution is 2.24. The predicted octanol–water partition coefficient (Wildman–Crippen LogP) is 3.32. The van der Waals surface area contributed by atoms with Crippen LogP contribution in [0.2, 0.25) is 0 Å². The number of hydrogen-bond donors (Lipinski definition) is 1. The molecule has 2 nitrogen and oxygen atoms in total. The van der Waals surface area contributed by atoms with E-state index in [0.717, 1.165) is 12.1 Å². The summed E-state index contributed by atoms with van der Waals surface area (Å²) in [6, 6.07) is 0. The first kappa shape index (κ1) is 11.3. The summed E-state index contributed by atoms with van der Waals surface area (Å²) in [5.74, 6) is 0. The second-order valence-electron chi connectivity index (χ2n) is 3.86. The Morgan fingerprint density at radius 3 is 2.93 bits per heavy atom. The van der Waals surface area contributed by atoms with Gasteiger partial charge in [-0.15, -0.1) is 0 Å². The van der Waals surface area contributed by atoms with Crippen LogP contribution in [0.5, 0.6) is 0 Å². The van der Waals surface area contributed by atoms with Crippen molar-refractivity contribution in [3.8, 4) is 0 Å². The second-order valence-corrected chi connectivity index (χ2v) is 3.86. The Morgan fingerprint density at radius 2 is 2.29 bits per heavy atom. The van der Waals surface area contributed by atoms with Gasteiger partial charge in [-0.2, -0.15) is 0 Å². The number of unbranched alkanes of at least 4 members (excludes halogenated alkanes) is 3. The van der Waals surface area contributed by atoms with E-state index in [-0.39, 0.29) is 0 Å². The first-order valence-electron chi connectivity index (χ1n) is 5.46. The van der Waals surface area contributed by atoms with Crippen molar-refractivity contribution in [2.75, 3.05) is 7.11 Å². The first-order valence-corrected chi connectivity index (χ1v) is 5.46. The second kappa shape index (κ2) is 6.66. The fourth-order valence-corrected chi connectivity index (χ4v) is 1.47. The van der Waals surface area contributed by atoms with Gasteiger partial charge in [-0.1, -0.05) is 24.1 Å². The van der Waals surface area contributed by atoms with Crippen LogP contribution >= 0.6 is 0 Å². The number of allylic oxidation sites excluding steroid dienone is 4. The van der Waals surface area contributed by atoms with E-state index in [1.807, 2.05) is 6.92 Å². The third-order valence-corrected chi connectivity index (χ3v) is 2.41. The van der Waals surface area contributed by atoms with E-state index in [1.54, 1.807) is 12.7 Å². The lowest BCUT2D eigenvalue weighted by molar-refractivity contribution is 0.118. The van der Waals surface area contributed by atoms with Crippen LogP contribution in [0.1, 0.15) is 45.4 Å². The molecule has 0 aromatic carbocycles. The molecule has 1 aliphatic carbocycles. The summed E-state index contributed by atoms with van der Waals surface area (Å²) >= 11 is 0. The van der Waals surface area contributed by atoms with Gasteiger partial charge in [-0.05, 0) is 39.0 Å². The molecular weight excluding hydrogens is 174 g/mol. The van der Waals surface area contributed by atoms with Crippen LogP contribution in [0.25, 0.3) is 0 Å². The highest BCUT2D eigenvalue weighted by atomic mass is 16.6. The zero-order valence-corrected chi connectivity index (χ0v) is 9.31. The van der Waals surface area contributed by atoms with Crippen molar-refractivity contribution in [2.45, 2.75) is 45.4 Å². The highest BCUT2D eigenvalue weighted by molar-refractivity contribution is 5.21. The van der Waals surface area contributed by atoms with Crippen molar-refractivity contribution in [3.63, 3.8) is 0 Å². The maximum absolute atomic E-state index is 4.80. The lowest BCUT2D eigenvalue weighted by Gasteiger charge is -2.02. The molecule has 0 aromatic heterocycles. The van der Waals surface area contributed by atoms with E-state index in [0.29, 0.717) is 0 Å². The zero-order chi connectivity index (χ0) is 10.2. The van der Waals surface area contributed by atoms with Gasteiger partial charge in [0.25, 0.3) is 0 Å². The fraction of sp³-hybridized carbons (Fsp3) is 0.667. The summed E-state index contributed by atoms with van der Waals surface area (Å²) in [6.07, 6.45) is 12.3. The topological polar surface area (TPSA) is 21.3 Å². The van der Waals surface area contributed by atoms with Crippen molar-refractivity contribution in [3.05, 3.63) is 23.4 Å². The molecule has 0 bridgehead atoms. The van der Waals surface area contributed by atoms with Crippen molar-refractivity contribution in [1.82, 2.24) is 5.48 Å². The van der Waals surface area contributed by atoms with Gasteiger partial charge < -0.3 is 0 Å². The molecule has 0 saturated carbocycles. The van der Waals surface area contributed by atoms with Crippen molar-refractivity contribution < 1.29 is 4.84 Å². The minimum atomic E-state index is 1.11. The SMILES string of the molecule is CONC(C)=CCCCCCC1=CC1. The van der Waals surface area contributed by atoms with E-state index in [2.05, 4.69) is 17.6 Å². The smallest absolute Gasteiger partial charge is 0.0636 e. The van der Waals surface area contributed by atoms with E-state index >= 15 is 0 Å². The van der Waals surface area contributed by atoms with Gasteiger partial charge in [0.2, 0.25) is 0 Å². The summed E-state index contributed by atoms with van der Waals surface area (Å²) < 4.78 is 0.